The Kier molecular flexibility index (Phi) is 7.03. The van der Waals surface area contributed by atoms with Crippen LogP contribution in [0.15, 0.2) is 53.7 Å². The van der Waals surface area contributed by atoms with E-state index < -0.39 is 4.92 Å². The minimum atomic E-state index is -0.413. The van der Waals surface area contributed by atoms with Gasteiger partial charge in [-0.3, -0.25) is 14.9 Å². The summed E-state index contributed by atoms with van der Waals surface area (Å²) in [5.74, 6) is 0.896. The summed E-state index contributed by atoms with van der Waals surface area (Å²) in [6.45, 7) is 4.91. The van der Waals surface area contributed by atoms with Crippen LogP contribution in [0.5, 0.6) is 5.75 Å². The van der Waals surface area contributed by atoms with Crippen molar-refractivity contribution in [2.45, 2.75) is 12.1 Å². The average Bonchev–Trinajstić information content (AvgIpc) is 3.32. The quantitative estimate of drug-likeness (QED) is 0.278. The summed E-state index contributed by atoms with van der Waals surface area (Å²) in [4.78, 5) is 27.1. The summed E-state index contributed by atoms with van der Waals surface area (Å²) in [7, 11) is 0. The predicted octanol–water partition coefficient (Wildman–Crippen LogP) is 2.41. The van der Waals surface area contributed by atoms with Gasteiger partial charge in [0.2, 0.25) is 11.1 Å². The molecule has 1 aliphatic rings. The van der Waals surface area contributed by atoms with E-state index in [9.17, 15) is 14.9 Å². The van der Waals surface area contributed by atoms with Gasteiger partial charge in [-0.1, -0.05) is 23.9 Å². The van der Waals surface area contributed by atoms with Crippen molar-refractivity contribution in [1.82, 2.24) is 25.1 Å². The number of nitrogens with zero attached hydrogens (tertiary/aromatic N) is 7. The zero-order valence-electron chi connectivity index (χ0n) is 18.0. The maximum absolute atomic E-state index is 12.8. The first-order valence-corrected chi connectivity index (χ1v) is 11.5. The molecule has 0 radical (unpaired) electrons. The molecule has 0 bridgehead atoms. The van der Waals surface area contributed by atoms with Crippen molar-refractivity contribution < 1.29 is 14.5 Å². The Bertz CT molecular complexity index is 1110. The number of hydrogen-bond acceptors (Lipinski definition) is 9. The maximum atomic E-state index is 12.8. The van der Waals surface area contributed by atoms with Gasteiger partial charge >= 0.3 is 0 Å². The minimum absolute atomic E-state index is 0.0102. The summed E-state index contributed by atoms with van der Waals surface area (Å²) in [6.07, 6.45) is 0. The van der Waals surface area contributed by atoms with Crippen molar-refractivity contribution in [2.75, 3.05) is 43.4 Å². The van der Waals surface area contributed by atoms with E-state index in [0.717, 1.165) is 11.4 Å². The number of carbonyl (C=O) groups excluding carboxylic acids is 1. The van der Waals surface area contributed by atoms with Crippen molar-refractivity contribution in [1.29, 1.82) is 0 Å². The molecule has 11 nitrogen and oxygen atoms in total. The molecule has 1 saturated heterocycles. The van der Waals surface area contributed by atoms with Gasteiger partial charge in [-0.15, -0.1) is 5.10 Å². The monoisotopic (exact) mass is 469 g/mol. The van der Waals surface area contributed by atoms with Crippen molar-refractivity contribution in [3.05, 3.63) is 58.6 Å². The molecule has 0 aliphatic carbocycles. The van der Waals surface area contributed by atoms with Gasteiger partial charge in [0, 0.05) is 44.0 Å². The standard InChI is InChI=1S/C21H23N7O4S/c1-2-32-19-6-4-3-5-18(19)27-21(22-23-24-27)33-15-20(29)26-13-11-25(12-14-26)16-7-9-17(10-8-16)28(30)31/h3-10H,2,11-15H2,1H3. The molecule has 0 spiro atoms. The van der Waals surface area contributed by atoms with Crippen molar-refractivity contribution >= 4 is 29.0 Å². The largest absolute Gasteiger partial charge is 0.492 e. The van der Waals surface area contributed by atoms with Crippen molar-refractivity contribution in [2.24, 2.45) is 0 Å². The Balaban J connectivity index is 1.33. The van der Waals surface area contributed by atoms with Crippen LogP contribution in [0, 0.1) is 10.1 Å². The molecule has 2 aromatic carbocycles. The van der Waals surface area contributed by atoms with Crippen molar-refractivity contribution in [3.8, 4) is 11.4 Å². The van der Waals surface area contributed by atoms with E-state index in [1.54, 1.807) is 16.8 Å². The fraction of sp³-hybridized carbons (Fsp3) is 0.333. The molecule has 3 aromatic rings. The maximum Gasteiger partial charge on any atom is 0.269 e. The van der Waals surface area contributed by atoms with Gasteiger partial charge in [-0.25, -0.2) is 0 Å². The van der Waals surface area contributed by atoms with Crippen LogP contribution in [0.2, 0.25) is 0 Å². The van der Waals surface area contributed by atoms with Crippen LogP contribution in [-0.2, 0) is 4.79 Å². The van der Waals surface area contributed by atoms with E-state index >= 15 is 0 Å². The normalized spacial score (nSPS) is 13.7. The van der Waals surface area contributed by atoms with Gasteiger partial charge < -0.3 is 14.5 Å². The highest BCUT2D eigenvalue weighted by molar-refractivity contribution is 7.99. The number of nitro groups is 1. The smallest absolute Gasteiger partial charge is 0.269 e. The third-order valence-electron chi connectivity index (χ3n) is 5.22. The average molecular weight is 470 g/mol. The third kappa shape index (κ3) is 5.22. The number of tetrazole rings is 1. The second kappa shape index (κ2) is 10.3. The molecule has 4 rings (SSSR count). The summed E-state index contributed by atoms with van der Waals surface area (Å²) in [5.41, 5.74) is 1.70. The Morgan fingerprint density at radius 1 is 1.12 bits per heavy atom. The van der Waals surface area contributed by atoms with Gasteiger partial charge in [0.1, 0.15) is 11.4 Å². The van der Waals surface area contributed by atoms with Crippen LogP contribution < -0.4 is 9.64 Å². The first-order valence-electron chi connectivity index (χ1n) is 10.5. The summed E-state index contributed by atoms with van der Waals surface area (Å²) >= 11 is 1.28. The van der Waals surface area contributed by atoms with Gasteiger partial charge in [0.15, 0.2) is 0 Å². The zero-order valence-corrected chi connectivity index (χ0v) is 18.8. The number of non-ortho nitro benzene ring substituents is 1. The molecule has 0 atom stereocenters. The molecule has 1 fully saturated rings. The lowest BCUT2D eigenvalue weighted by Crippen LogP contribution is -2.49. The van der Waals surface area contributed by atoms with Crippen LogP contribution in [-0.4, -0.2) is 74.5 Å². The van der Waals surface area contributed by atoms with Crippen LogP contribution >= 0.6 is 11.8 Å². The number of hydrogen-bond donors (Lipinski definition) is 0. The molecular weight excluding hydrogens is 446 g/mol. The van der Waals surface area contributed by atoms with Gasteiger partial charge in [-0.05, 0) is 41.6 Å². The zero-order chi connectivity index (χ0) is 23.2. The number of piperazine rings is 1. The molecular formula is C21H23N7O4S. The molecule has 0 unspecified atom stereocenters. The highest BCUT2D eigenvalue weighted by atomic mass is 32.2. The number of para-hydroxylation sites is 2. The second-order valence-corrected chi connectivity index (χ2v) is 8.15. The number of carbonyl (C=O) groups is 1. The first kappa shape index (κ1) is 22.5. The SMILES string of the molecule is CCOc1ccccc1-n1nnnc1SCC(=O)N1CCN(c2ccc([N+](=O)[O-])cc2)CC1. The fourth-order valence-electron chi connectivity index (χ4n) is 3.55. The molecule has 33 heavy (non-hydrogen) atoms. The highest BCUT2D eigenvalue weighted by Gasteiger charge is 2.23. The summed E-state index contributed by atoms with van der Waals surface area (Å²) in [6, 6.07) is 14.0. The number of nitro benzene ring substituents is 1. The van der Waals surface area contributed by atoms with Gasteiger partial charge in [0.05, 0.1) is 17.3 Å². The Labute approximate surface area is 194 Å². The van der Waals surface area contributed by atoms with E-state index in [4.69, 9.17) is 4.74 Å². The lowest BCUT2D eigenvalue weighted by molar-refractivity contribution is -0.384. The highest BCUT2D eigenvalue weighted by Crippen LogP contribution is 2.26. The number of aromatic nitrogens is 4. The number of anilines is 1. The lowest BCUT2D eigenvalue weighted by atomic mass is 10.2. The number of ether oxygens (including phenoxy) is 1. The van der Waals surface area contributed by atoms with E-state index in [2.05, 4.69) is 20.4 Å². The molecule has 12 heteroatoms. The molecule has 0 N–H and O–H groups in total. The molecule has 2 heterocycles. The van der Waals surface area contributed by atoms with E-state index in [1.807, 2.05) is 36.1 Å². The Hall–Kier alpha value is -3.67. The first-order chi connectivity index (χ1) is 16.1. The lowest BCUT2D eigenvalue weighted by Gasteiger charge is -2.36. The predicted molar refractivity (Wildman–Crippen MR) is 123 cm³/mol. The molecule has 1 amide bonds. The number of thioether (sulfide) groups is 1. The third-order valence-corrected chi connectivity index (χ3v) is 6.12. The van der Waals surface area contributed by atoms with E-state index in [-0.39, 0.29) is 17.3 Å². The summed E-state index contributed by atoms with van der Waals surface area (Å²) in [5, 5.41) is 23.2. The van der Waals surface area contributed by atoms with Crippen LogP contribution in [0.1, 0.15) is 6.92 Å². The second-order valence-electron chi connectivity index (χ2n) is 7.20. The van der Waals surface area contributed by atoms with E-state index in [1.165, 1.54) is 23.9 Å². The minimum Gasteiger partial charge on any atom is -0.492 e. The fourth-order valence-corrected chi connectivity index (χ4v) is 4.33. The molecule has 1 aromatic heterocycles. The Morgan fingerprint density at radius 2 is 1.85 bits per heavy atom. The van der Waals surface area contributed by atoms with Crippen LogP contribution in [0.3, 0.4) is 0 Å². The molecule has 0 saturated carbocycles. The number of rotatable bonds is 8. The number of amides is 1. The van der Waals surface area contributed by atoms with Crippen LogP contribution in [0.4, 0.5) is 11.4 Å². The summed E-state index contributed by atoms with van der Waals surface area (Å²) < 4.78 is 7.24. The number of benzene rings is 2. The van der Waals surface area contributed by atoms with Gasteiger partial charge in [0.25, 0.3) is 5.69 Å². The van der Waals surface area contributed by atoms with Crippen LogP contribution in [0.25, 0.3) is 5.69 Å². The Morgan fingerprint density at radius 3 is 2.55 bits per heavy atom. The topological polar surface area (TPSA) is 120 Å². The molecule has 1 aliphatic heterocycles. The van der Waals surface area contributed by atoms with E-state index in [0.29, 0.717) is 43.7 Å². The molecule has 172 valence electrons. The van der Waals surface area contributed by atoms with Gasteiger partial charge in [-0.2, -0.15) is 4.68 Å². The van der Waals surface area contributed by atoms with Crippen molar-refractivity contribution in [3.63, 3.8) is 0 Å².